The predicted molar refractivity (Wildman–Crippen MR) is 72.1 cm³/mol. The first-order valence-electron chi connectivity index (χ1n) is 6.03. The molecule has 2 heterocycles. The quantitative estimate of drug-likeness (QED) is 0.711. The van der Waals surface area contributed by atoms with Crippen LogP contribution in [0.1, 0.15) is 27.2 Å². The van der Waals surface area contributed by atoms with E-state index in [0.29, 0.717) is 29.7 Å². The van der Waals surface area contributed by atoms with Gasteiger partial charge in [-0.25, -0.2) is 14.6 Å². The fraction of sp³-hybridized carbons (Fsp3) is 0.364. The van der Waals surface area contributed by atoms with Crippen molar-refractivity contribution in [2.45, 2.75) is 19.9 Å². The fourth-order valence-corrected chi connectivity index (χ4v) is 2.14. The summed E-state index contributed by atoms with van der Waals surface area (Å²) in [5.41, 5.74) is -0.0241. The molecule has 0 saturated heterocycles. The number of thiazole rings is 1. The Kier molecular flexibility index (Phi) is 4.82. The molecule has 0 fully saturated rings. The average Bonchev–Trinajstić information content (AvgIpc) is 3.05. The summed E-state index contributed by atoms with van der Waals surface area (Å²) in [6.07, 6.45) is 0.439. The number of carboxylic acid groups (broad SMARTS) is 1. The highest BCUT2D eigenvalue weighted by Gasteiger charge is 2.09. The van der Waals surface area contributed by atoms with Gasteiger partial charge in [-0.3, -0.25) is 0 Å². The van der Waals surface area contributed by atoms with Gasteiger partial charge >= 0.3 is 12.0 Å². The molecular formula is C11H13N5O4S. The number of hydrogen-bond acceptors (Lipinski definition) is 7. The number of urea groups is 1. The summed E-state index contributed by atoms with van der Waals surface area (Å²) in [6.45, 7) is 2.24. The molecule has 0 aromatic carbocycles. The van der Waals surface area contributed by atoms with Crippen molar-refractivity contribution in [3.63, 3.8) is 0 Å². The van der Waals surface area contributed by atoms with E-state index in [0.717, 1.165) is 0 Å². The molecule has 0 unspecified atom stereocenters. The molecule has 0 aliphatic heterocycles. The van der Waals surface area contributed by atoms with Crippen molar-refractivity contribution < 1.29 is 19.2 Å². The molecule has 0 atom stereocenters. The minimum absolute atomic E-state index is 0.0241. The van der Waals surface area contributed by atoms with Gasteiger partial charge in [-0.1, -0.05) is 5.16 Å². The van der Waals surface area contributed by atoms with E-state index in [4.69, 9.17) is 9.63 Å². The number of rotatable bonds is 6. The van der Waals surface area contributed by atoms with Crippen LogP contribution in [0.3, 0.4) is 0 Å². The summed E-state index contributed by atoms with van der Waals surface area (Å²) in [6, 6.07) is -0.377. The van der Waals surface area contributed by atoms with Crippen LogP contribution in [0, 0.1) is 6.92 Å². The zero-order chi connectivity index (χ0) is 15.2. The smallest absolute Gasteiger partial charge is 0.355 e. The minimum Gasteiger partial charge on any atom is -0.476 e. The Balaban J connectivity index is 1.68. The molecule has 0 aliphatic carbocycles. The molecule has 0 radical (unpaired) electrons. The second-order valence-electron chi connectivity index (χ2n) is 4.03. The van der Waals surface area contributed by atoms with Crippen molar-refractivity contribution in [3.8, 4) is 0 Å². The number of aryl methyl sites for hydroxylation is 1. The van der Waals surface area contributed by atoms with E-state index >= 15 is 0 Å². The van der Waals surface area contributed by atoms with Gasteiger partial charge in [0.05, 0.1) is 6.54 Å². The highest BCUT2D eigenvalue weighted by molar-refractivity contribution is 7.09. The molecule has 10 heteroatoms. The summed E-state index contributed by atoms with van der Waals surface area (Å²) in [5, 5.41) is 19.5. The molecular weight excluding hydrogens is 298 g/mol. The van der Waals surface area contributed by atoms with Gasteiger partial charge in [-0.2, -0.15) is 4.98 Å². The van der Waals surface area contributed by atoms with Crippen LogP contribution in [0.4, 0.5) is 4.79 Å². The van der Waals surface area contributed by atoms with Crippen LogP contribution in [0.25, 0.3) is 0 Å². The van der Waals surface area contributed by atoms with E-state index in [2.05, 4.69) is 25.8 Å². The van der Waals surface area contributed by atoms with Crippen molar-refractivity contribution in [1.82, 2.24) is 25.8 Å². The van der Waals surface area contributed by atoms with Crippen LogP contribution < -0.4 is 10.6 Å². The van der Waals surface area contributed by atoms with Gasteiger partial charge in [-0.15, -0.1) is 11.3 Å². The molecule has 0 spiro atoms. The first kappa shape index (κ1) is 14.9. The average molecular weight is 311 g/mol. The van der Waals surface area contributed by atoms with E-state index in [1.54, 1.807) is 6.92 Å². The first-order valence-corrected chi connectivity index (χ1v) is 6.91. The van der Waals surface area contributed by atoms with Gasteiger partial charge in [0.25, 0.3) is 0 Å². The molecule has 2 rings (SSSR count). The maximum atomic E-state index is 11.5. The second-order valence-corrected chi connectivity index (χ2v) is 4.97. The fourth-order valence-electron chi connectivity index (χ4n) is 1.43. The molecule has 9 nitrogen and oxygen atoms in total. The van der Waals surface area contributed by atoms with Crippen LogP contribution in [0.5, 0.6) is 0 Å². The summed E-state index contributed by atoms with van der Waals surface area (Å²) in [4.78, 5) is 30.0. The lowest BCUT2D eigenvalue weighted by Crippen LogP contribution is -2.36. The molecule has 3 N–H and O–H groups in total. The Hall–Kier alpha value is -2.49. The topological polar surface area (TPSA) is 130 Å². The first-order chi connectivity index (χ1) is 10.0. The zero-order valence-electron chi connectivity index (χ0n) is 11.1. The normalized spacial score (nSPS) is 10.3. The van der Waals surface area contributed by atoms with Gasteiger partial charge in [0, 0.05) is 18.3 Å². The van der Waals surface area contributed by atoms with Gasteiger partial charge in [0.2, 0.25) is 5.89 Å². The number of nitrogens with zero attached hydrogens (tertiary/aromatic N) is 3. The SMILES string of the molecule is Cc1noc(CCNC(=O)NCc2nc(C(=O)O)cs2)n1. The number of carbonyl (C=O) groups excluding carboxylic acids is 1. The maximum Gasteiger partial charge on any atom is 0.355 e. The third kappa shape index (κ3) is 4.53. The number of hydrogen-bond donors (Lipinski definition) is 3. The number of amides is 2. The number of aromatic nitrogens is 3. The van der Waals surface area contributed by atoms with Crippen LogP contribution in [-0.2, 0) is 13.0 Å². The van der Waals surface area contributed by atoms with Gasteiger partial charge < -0.3 is 20.3 Å². The van der Waals surface area contributed by atoms with Gasteiger partial charge in [0.15, 0.2) is 11.5 Å². The molecule has 21 heavy (non-hydrogen) atoms. The number of aromatic carboxylic acids is 1. The monoisotopic (exact) mass is 311 g/mol. The Morgan fingerprint density at radius 3 is 2.81 bits per heavy atom. The summed E-state index contributed by atoms with van der Waals surface area (Å²) in [7, 11) is 0. The van der Waals surface area contributed by atoms with Crippen molar-refractivity contribution >= 4 is 23.3 Å². The lowest BCUT2D eigenvalue weighted by molar-refractivity contribution is 0.0691. The Bertz CT molecular complexity index is 638. The highest BCUT2D eigenvalue weighted by Crippen LogP contribution is 2.09. The molecule has 112 valence electrons. The van der Waals surface area contributed by atoms with Crippen molar-refractivity contribution in [1.29, 1.82) is 0 Å². The molecule has 2 amide bonds. The van der Waals surface area contributed by atoms with Crippen molar-refractivity contribution in [3.05, 3.63) is 27.8 Å². The number of carbonyl (C=O) groups is 2. The van der Waals surface area contributed by atoms with Crippen LogP contribution in [0.15, 0.2) is 9.90 Å². The molecule has 0 saturated carbocycles. The van der Waals surface area contributed by atoms with Crippen molar-refractivity contribution in [2.75, 3.05) is 6.54 Å². The van der Waals surface area contributed by atoms with E-state index < -0.39 is 5.97 Å². The van der Waals surface area contributed by atoms with E-state index in [9.17, 15) is 9.59 Å². The van der Waals surface area contributed by atoms with E-state index in [1.807, 2.05) is 0 Å². The molecule has 0 bridgehead atoms. The Morgan fingerprint density at radius 2 is 2.19 bits per heavy atom. The minimum atomic E-state index is -1.09. The second kappa shape index (κ2) is 6.79. The van der Waals surface area contributed by atoms with E-state index in [1.165, 1.54) is 16.7 Å². The van der Waals surface area contributed by atoms with Gasteiger partial charge in [-0.05, 0) is 6.92 Å². The Labute approximate surface area is 123 Å². The van der Waals surface area contributed by atoms with Crippen LogP contribution in [-0.4, -0.2) is 38.8 Å². The largest absolute Gasteiger partial charge is 0.476 e. The number of nitrogens with one attached hydrogen (secondary N) is 2. The number of carboxylic acids is 1. The summed E-state index contributed by atoms with van der Waals surface area (Å²) < 4.78 is 4.90. The van der Waals surface area contributed by atoms with Gasteiger partial charge in [0.1, 0.15) is 5.01 Å². The lowest BCUT2D eigenvalue weighted by atomic mass is 10.4. The predicted octanol–water partition coefficient (Wildman–Crippen LogP) is 0.575. The summed E-state index contributed by atoms with van der Waals surface area (Å²) >= 11 is 1.18. The zero-order valence-corrected chi connectivity index (χ0v) is 11.9. The third-order valence-corrected chi connectivity index (χ3v) is 3.21. The maximum absolute atomic E-state index is 11.5. The highest BCUT2D eigenvalue weighted by atomic mass is 32.1. The Morgan fingerprint density at radius 1 is 1.38 bits per heavy atom. The molecule has 2 aromatic rings. The standard InChI is InChI=1S/C11H13N5O4S/c1-6-14-8(20-16-6)2-3-12-11(19)13-4-9-15-7(5-21-9)10(17)18/h5H,2-4H2,1H3,(H,17,18)(H2,12,13,19). The van der Waals surface area contributed by atoms with E-state index in [-0.39, 0.29) is 18.3 Å². The van der Waals surface area contributed by atoms with Crippen molar-refractivity contribution in [2.24, 2.45) is 0 Å². The lowest BCUT2D eigenvalue weighted by Gasteiger charge is -2.04. The third-order valence-electron chi connectivity index (χ3n) is 2.37. The van der Waals surface area contributed by atoms with Crippen LogP contribution >= 0.6 is 11.3 Å². The molecule has 2 aromatic heterocycles. The van der Waals surface area contributed by atoms with Crippen LogP contribution in [0.2, 0.25) is 0 Å². The summed E-state index contributed by atoms with van der Waals surface area (Å²) in [5.74, 6) is -0.0805. The molecule has 0 aliphatic rings.